The fourth-order valence-corrected chi connectivity index (χ4v) is 1.22. The minimum Gasteiger partial charge on any atom is -0.391 e. The third-order valence-electron chi connectivity index (χ3n) is 1.86. The first-order valence-electron chi connectivity index (χ1n) is 3.91. The van der Waals surface area contributed by atoms with Crippen LogP contribution >= 0.6 is 24.0 Å². The Morgan fingerprint density at radius 3 is 2.57 bits per heavy atom. The van der Waals surface area contributed by atoms with Gasteiger partial charge in [0.25, 0.3) is 0 Å². The molecule has 1 aromatic rings. The van der Waals surface area contributed by atoms with Gasteiger partial charge in [-0.25, -0.2) is 4.39 Å². The van der Waals surface area contributed by atoms with Gasteiger partial charge >= 0.3 is 0 Å². The minimum atomic E-state index is -0.798. The van der Waals surface area contributed by atoms with E-state index in [1.54, 1.807) is 6.07 Å². The summed E-state index contributed by atoms with van der Waals surface area (Å²) in [5.74, 6) is -0.558. The highest BCUT2D eigenvalue weighted by atomic mass is 35.5. The van der Waals surface area contributed by atoms with Crippen LogP contribution in [0.15, 0.2) is 18.2 Å². The van der Waals surface area contributed by atoms with Gasteiger partial charge in [0.1, 0.15) is 5.82 Å². The number of aliphatic hydroxyl groups excluding tert-OH is 1. The Kier molecular flexibility index (Phi) is 5.37. The average molecular weight is 240 g/mol. The number of aliphatic hydroxyl groups is 1. The molecule has 0 aliphatic carbocycles. The topological polar surface area (TPSA) is 46.2 Å². The zero-order valence-corrected chi connectivity index (χ0v) is 9.15. The molecule has 0 unspecified atom stereocenters. The Bertz CT molecular complexity index is 307. The monoisotopic (exact) mass is 239 g/mol. The minimum absolute atomic E-state index is 0. The van der Waals surface area contributed by atoms with Gasteiger partial charge in [0.15, 0.2) is 0 Å². The summed E-state index contributed by atoms with van der Waals surface area (Å²) in [6.07, 6.45) is -0.798. The SMILES string of the molecule is C[C@H](O)[C@H](N)c1cccc(Cl)c1F.Cl. The van der Waals surface area contributed by atoms with Gasteiger partial charge in [-0.3, -0.25) is 0 Å². The number of benzene rings is 1. The Hall–Kier alpha value is -0.350. The fraction of sp³-hybridized carbons (Fsp3) is 0.333. The van der Waals surface area contributed by atoms with Crippen LogP contribution in [0.25, 0.3) is 0 Å². The zero-order valence-electron chi connectivity index (χ0n) is 7.58. The lowest BCUT2D eigenvalue weighted by Gasteiger charge is -2.15. The second kappa shape index (κ2) is 5.51. The van der Waals surface area contributed by atoms with Gasteiger partial charge in [-0.15, -0.1) is 12.4 Å². The van der Waals surface area contributed by atoms with Crippen molar-refractivity contribution in [1.82, 2.24) is 0 Å². The van der Waals surface area contributed by atoms with Crippen LogP contribution in [0.3, 0.4) is 0 Å². The van der Waals surface area contributed by atoms with Crippen molar-refractivity contribution in [1.29, 1.82) is 0 Å². The van der Waals surface area contributed by atoms with E-state index in [1.165, 1.54) is 19.1 Å². The van der Waals surface area contributed by atoms with E-state index in [4.69, 9.17) is 22.4 Å². The predicted octanol–water partition coefficient (Wildman–Crippen LogP) is 2.28. The van der Waals surface area contributed by atoms with E-state index in [0.717, 1.165) is 0 Å². The number of nitrogens with two attached hydrogens (primary N) is 1. The third kappa shape index (κ3) is 2.82. The van der Waals surface area contributed by atoms with Gasteiger partial charge < -0.3 is 10.8 Å². The summed E-state index contributed by atoms with van der Waals surface area (Å²) < 4.78 is 13.3. The molecular weight excluding hydrogens is 228 g/mol. The molecule has 1 aromatic carbocycles. The van der Waals surface area contributed by atoms with Crippen LogP contribution in [0.1, 0.15) is 18.5 Å². The summed E-state index contributed by atoms with van der Waals surface area (Å²) in [6.45, 7) is 1.50. The Balaban J connectivity index is 0.00000169. The quantitative estimate of drug-likeness (QED) is 0.832. The Morgan fingerprint density at radius 2 is 2.07 bits per heavy atom. The van der Waals surface area contributed by atoms with Crippen LogP contribution in [-0.2, 0) is 0 Å². The first kappa shape index (κ1) is 13.7. The normalized spacial score (nSPS) is 14.4. The standard InChI is InChI=1S/C9H11ClFNO.ClH/c1-5(13)9(12)6-3-2-4-7(10)8(6)11;/h2-5,9,13H,12H2,1H3;1H/t5-,9-;/m0./s1. The maximum Gasteiger partial charge on any atom is 0.146 e. The highest BCUT2D eigenvalue weighted by Crippen LogP contribution is 2.23. The predicted molar refractivity (Wildman–Crippen MR) is 57.3 cm³/mol. The first-order chi connectivity index (χ1) is 6.04. The molecule has 14 heavy (non-hydrogen) atoms. The molecule has 0 radical (unpaired) electrons. The van der Waals surface area contributed by atoms with Crippen molar-refractivity contribution in [2.24, 2.45) is 5.73 Å². The van der Waals surface area contributed by atoms with E-state index in [2.05, 4.69) is 0 Å². The number of hydrogen-bond donors (Lipinski definition) is 2. The molecule has 0 amide bonds. The second-order valence-electron chi connectivity index (χ2n) is 2.91. The average Bonchev–Trinajstić information content (AvgIpc) is 2.08. The number of hydrogen-bond acceptors (Lipinski definition) is 2. The van der Waals surface area contributed by atoms with Crippen LogP contribution in [0.5, 0.6) is 0 Å². The van der Waals surface area contributed by atoms with Crippen LogP contribution in [0.2, 0.25) is 5.02 Å². The van der Waals surface area contributed by atoms with Crippen LogP contribution in [-0.4, -0.2) is 11.2 Å². The maximum absolute atomic E-state index is 13.3. The maximum atomic E-state index is 13.3. The van der Waals surface area contributed by atoms with Crippen LogP contribution < -0.4 is 5.73 Å². The molecule has 0 aliphatic heterocycles. The van der Waals surface area contributed by atoms with Crippen molar-refractivity contribution in [2.45, 2.75) is 19.1 Å². The zero-order chi connectivity index (χ0) is 10.0. The molecule has 0 spiro atoms. The number of halogens is 3. The molecule has 0 saturated carbocycles. The van der Waals surface area contributed by atoms with E-state index in [-0.39, 0.29) is 23.0 Å². The van der Waals surface area contributed by atoms with Crippen LogP contribution in [0, 0.1) is 5.82 Å². The van der Waals surface area contributed by atoms with E-state index < -0.39 is 18.0 Å². The summed E-state index contributed by atoms with van der Waals surface area (Å²) in [7, 11) is 0. The van der Waals surface area contributed by atoms with Gasteiger partial charge in [0, 0.05) is 5.56 Å². The van der Waals surface area contributed by atoms with E-state index in [1.807, 2.05) is 0 Å². The van der Waals surface area contributed by atoms with Crippen molar-refractivity contribution >= 4 is 24.0 Å². The molecule has 0 heterocycles. The van der Waals surface area contributed by atoms with Gasteiger partial charge in [0.05, 0.1) is 17.2 Å². The molecule has 3 N–H and O–H groups in total. The highest BCUT2D eigenvalue weighted by Gasteiger charge is 2.17. The molecule has 2 atom stereocenters. The second-order valence-corrected chi connectivity index (χ2v) is 3.32. The van der Waals surface area contributed by atoms with E-state index >= 15 is 0 Å². The molecule has 0 saturated heterocycles. The molecule has 2 nitrogen and oxygen atoms in total. The van der Waals surface area contributed by atoms with E-state index in [9.17, 15) is 4.39 Å². The number of rotatable bonds is 2. The molecule has 5 heteroatoms. The molecule has 0 fully saturated rings. The molecule has 1 rings (SSSR count). The molecule has 0 bridgehead atoms. The third-order valence-corrected chi connectivity index (χ3v) is 2.15. The summed E-state index contributed by atoms with van der Waals surface area (Å²) >= 11 is 5.55. The summed E-state index contributed by atoms with van der Waals surface area (Å²) in [5.41, 5.74) is 5.80. The van der Waals surface area contributed by atoms with Crippen molar-refractivity contribution in [3.63, 3.8) is 0 Å². The Labute approximate surface area is 93.3 Å². The molecular formula is C9H12Cl2FNO. The van der Waals surface area contributed by atoms with E-state index in [0.29, 0.717) is 0 Å². The molecule has 0 aliphatic rings. The summed E-state index contributed by atoms with van der Waals surface area (Å²) in [6, 6.07) is 3.82. The van der Waals surface area contributed by atoms with Crippen molar-refractivity contribution in [2.75, 3.05) is 0 Å². The summed E-state index contributed by atoms with van der Waals surface area (Å²) in [4.78, 5) is 0. The van der Waals surface area contributed by atoms with Gasteiger partial charge in [-0.05, 0) is 13.0 Å². The Morgan fingerprint density at radius 1 is 1.50 bits per heavy atom. The lowest BCUT2D eigenvalue weighted by molar-refractivity contribution is 0.162. The largest absolute Gasteiger partial charge is 0.391 e. The first-order valence-corrected chi connectivity index (χ1v) is 4.29. The van der Waals surface area contributed by atoms with Gasteiger partial charge in [0.2, 0.25) is 0 Å². The lowest BCUT2D eigenvalue weighted by atomic mass is 10.0. The van der Waals surface area contributed by atoms with Crippen LogP contribution in [0.4, 0.5) is 4.39 Å². The lowest BCUT2D eigenvalue weighted by Crippen LogP contribution is -2.24. The van der Waals surface area contributed by atoms with Gasteiger partial charge in [-0.2, -0.15) is 0 Å². The van der Waals surface area contributed by atoms with Gasteiger partial charge in [-0.1, -0.05) is 23.7 Å². The molecule has 80 valence electrons. The smallest absolute Gasteiger partial charge is 0.146 e. The fourth-order valence-electron chi connectivity index (χ4n) is 1.04. The van der Waals surface area contributed by atoms with Crippen molar-refractivity contribution in [3.8, 4) is 0 Å². The van der Waals surface area contributed by atoms with Crippen molar-refractivity contribution in [3.05, 3.63) is 34.6 Å². The highest BCUT2D eigenvalue weighted by molar-refractivity contribution is 6.30. The summed E-state index contributed by atoms with van der Waals surface area (Å²) in [5, 5.41) is 9.18. The van der Waals surface area contributed by atoms with Crippen molar-refractivity contribution < 1.29 is 9.50 Å². The molecule has 0 aromatic heterocycles.